The lowest BCUT2D eigenvalue weighted by Crippen LogP contribution is -2.33. The molecule has 0 spiro atoms. The van der Waals surface area contributed by atoms with E-state index in [0.717, 1.165) is 29.6 Å². The summed E-state index contributed by atoms with van der Waals surface area (Å²) in [5.74, 6) is 0.917. The fraction of sp³-hybridized carbons (Fsp3) is 0.625. The van der Waals surface area contributed by atoms with Crippen molar-refractivity contribution in [2.75, 3.05) is 18.0 Å². The fourth-order valence-corrected chi connectivity index (χ4v) is 3.32. The average molecular weight is 281 g/mol. The van der Waals surface area contributed by atoms with E-state index in [1.54, 1.807) is 0 Å². The van der Waals surface area contributed by atoms with Crippen LogP contribution in [0.1, 0.15) is 51.1 Å². The minimum absolute atomic E-state index is 0.00293. The second kappa shape index (κ2) is 6.62. The summed E-state index contributed by atoms with van der Waals surface area (Å²) in [5.41, 5.74) is 8.17. The molecule has 0 aliphatic carbocycles. The number of nitrogens with zero attached hydrogens (tertiary/aromatic N) is 1. The summed E-state index contributed by atoms with van der Waals surface area (Å²) in [6.45, 7) is 6.55. The molecule has 1 aliphatic rings. The van der Waals surface area contributed by atoms with Crippen LogP contribution in [0.15, 0.2) is 18.2 Å². The number of nitrogens with two attached hydrogens (primary N) is 1. The van der Waals surface area contributed by atoms with Gasteiger partial charge >= 0.3 is 0 Å². The Kier molecular flexibility index (Phi) is 5.12. The lowest BCUT2D eigenvalue weighted by molar-refractivity contribution is 0.378. The molecule has 1 aromatic carbocycles. The van der Waals surface area contributed by atoms with E-state index in [1.807, 2.05) is 6.92 Å². The van der Waals surface area contributed by atoms with Gasteiger partial charge in [0.05, 0.1) is 0 Å². The number of rotatable bonds is 4. The van der Waals surface area contributed by atoms with Crippen LogP contribution in [0.5, 0.6) is 0 Å². The van der Waals surface area contributed by atoms with Crippen LogP contribution in [0, 0.1) is 5.92 Å². The number of hydrogen-bond acceptors (Lipinski definition) is 2. The van der Waals surface area contributed by atoms with Crippen LogP contribution in [0.3, 0.4) is 0 Å². The fourth-order valence-electron chi connectivity index (χ4n) is 2.97. The molecule has 0 radical (unpaired) electrons. The number of halogens is 1. The summed E-state index contributed by atoms with van der Waals surface area (Å²) >= 11 is 6.32. The molecular weight excluding hydrogens is 256 g/mol. The molecule has 1 unspecified atom stereocenters. The summed E-state index contributed by atoms with van der Waals surface area (Å²) in [6, 6.07) is 6.29. The normalized spacial score (nSPS) is 18.6. The van der Waals surface area contributed by atoms with E-state index in [0.29, 0.717) is 0 Å². The summed E-state index contributed by atoms with van der Waals surface area (Å²) in [4.78, 5) is 2.45. The van der Waals surface area contributed by atoms with E-state index in [1.165, 1.54) is 31.4 Å². The molecule has 0 amide bonds. The minimum Gasteiger partial charge on any atom is -0.371 e. The second-order valence-electron chi connectivity index (χ2n) is 5.71. The largest absolute Gasteiger partial charge is 0.371 e. The van der Waals surface area contributed by atoms with Gasteiger partial charge in [-0.1, -0.05) is 37.4 Å². The first-order chi connectivity index (χ1) is 9.11. The van der Waals surface area contributed by atoms with Crippen LogP contribution in [0.4, 0.5) is 5.69 Å². The molecule has 2 rings (SSSR count). The van der Waals surface area contributed by atoms with Crippen LogP contribution in [0.2, 0.25) is 5.02 Å². The molecule has 106 valence electrons. The first kappa shape index (κ1) is 14.7. The maximum atomic E-state index is 6.32. The predicted molar refractivity (Wildman–Crippen MR) is 83.9 cm³/mol. The summed E-state index contributed by atoms with van der Waals surface area (Å²) in [7, 11) is 0. The van der Waals surface area contributed by atoms with Crippen molar-refractivity contribution in [3.05, 3.63) is 28.8 Å². The summed E-state index contributed by atoms with van der Waals surface area (Å²) in [5, 5.41) is 0.795. The highest BCUT2D eigenvalue weighted by atomic mass is 35.5. The molecule has 0 bridgehead atoms. The molecule has 2 nitrogen and oxygen atoms in total. The van der Waals surface area contributed by atoms with Gasteiger partial charge in [0.25, 0.3) is 0 Å². The third kappa shape index (κ3) is 3.64. The first-order valence-corrected chi connectivity index (χ1v) is 7.79. The van der Waals surface area contributed by atoms with Gasteiger partial charge < -0.3 is 10.6 Å². The maximum absolute atomic E-state index is 6.32. The first-order valence-electron chi connectivity index (χ1n) is 7.41. The van der Waals surface area contributed by atoms with Gasteiger partial charge in [0.15, 0.2) is 0 Å². The minimum atomic E-state index is -0.00293. The molecule has 2 N–H and O–H groups in total. The monoisotopic (exact) mass is 280 g/mol. The third-order valence-corrected chi connectivity index (χ3v) is 4.48. The van der Waals surface area contributed by atoms with E-state index in [4.69, 9.17) is 17.3 Å². The number of anilines is 1. The third-order valence-electron chi connectivity index (χ3n) is 4.15. The van der Waals surface area contributed by atoms with Gasteiger partial charge in [0, 0.05) is 29.8 Å². The Balaban J connectivity index is 2.02. The van der Waals surface area contributed by atoms with Crippen molar-refractivity contribution < 1.29 is 0 Å². The Labute approximate surface area is 121 Å². The topological polar surface area (TPSA) is 29.3 Å². The van der Waals surface area contributed by atoms with Crippen molar-refractivity contribution in [2.24, 2.45) is 11.7 Å². The van der Waals surface area contributed by atoms with Crippen LogP contribution in [0.25, 0.3) is 0 Å². The van der Waals surface area contributed by atoms with Gasteiger partial charge in [0.2, 0.25) is 0 Å². The van der Waals surface area contributed by atoms with E-state index < -0.39 is 0 Å². The molecule has 1 aliphatic heterocycles. The molecule has 1 fully saturated rings. The highest BCUT2D eigenvalue weighted by Gasteiger charge is 2.19. The molecule has 3 heteroatoms. The van der Waals surface area contributed by atoms with Gasteiger partial charge in [-0.05, 0) is 43.4 Å². The molecular formula is C16H25ClN2. The molecule has 0 saturated carbocycles. The Morgan fingerprint density at radius 3 is 2.58 bits per heavy atom. The maximum Gasteiger partial charge on any atom is 0.0474 e. The smallest absolute Gasteiger partial charge is 0.0474 e. The van der Waals surface area contributed by atoms with Gasteiger partial charge in [-0.25, -0.2) is 0 Å². The zero-order chi connectivity index (χ0) is 13.8. The molecule has 1 saturated heterocycles. The van der Waals surface area contributed by atoms with Crippen molar-refractivity contribution in [3.63, 3.8) is 0 Å². The summed E-state index contributed by atoms with van der Waals surface area (Å²) in [6.07, 6.45) is 5.29. The van der Waals surface area contributed by atoms with Crippen molar-refractivity contribution >= 4 is 17.3 Å². The van der Waals surface area contributed by atoms with Gasteiger partial charge in [-0.3, -0.25) is 0 Å². The summed E-state index contributed by atoms with van der Waals surface area (Å²) < 4.78 is 0. The van der Waals surface area contributed by atoms with Crippen molar-refractivity contribution in [2.45, 2.75) is 45.6 Å². The predicted octanol–water partition coefficient (Wildman–Crippen LogP) is 4.38. The highest BCUT2D eigenvalue weighted by molar-refractivity contribution is 6.31. The lowest BCUT2D eigenvalue weighted by atomic mass is 9.92. The van der Waals surface area contributed by atoms with Gasteiger partial charge in [-0.15, -0.1) is 0 Å². The lowest BCUT2D eigenvalue weighted by Gasteiger charge is -2.34. The van der Waals surface area contributed by atoms with Gasteiger partial charge in [0.1, 0.15) is 0 Å². The zero-order valence-electron chi connectivity index (χ0n) is 12.0. The Morgan fingerprint density at radius 1 is 1.37 bits per heavy atom. The molecule has 1 aromatic rings. The van der Waals surface area contributed by atoms with E-state index in [9.17, 15) is 0 Å². The van der Waals surface area contributed by atoms with Crippen LogP contribution in [-0.4, -0.2) is 13.1 Å². The Morgan fingerprint density at radius 2 is 2.05 bits per heavy atom. The van der Waals surface area contributed by atoms with E-state index in [-0.39, 0.29) is 6.04 Å². The molecule has 19 heavy (non-hydrogen) atoms. The van der Waals surface area contributed by atoms with Crippen LogP contribution < -0.4 is 10.6 Å². The number of benzene rings is 1. The van der Waals surface area contributed by atoms with Crippen molar-refractivity contribution in [1.82, 2.24) is 0 Å². The Hall–Kier alpha value is -0.730. The van der Waals surface area contributed by atoms with Gasteiger partial charge in [-0.2, -0.15) is 0 Å². The standard InChI is InChI=1S/C16H25ClN2/c1-3-4-13-7-9-19(10-8-13)14-5-6-15(12(2)18)16(17)11-14/h5-6,11-13H,3-4,7-10,18H2,1-2H3. The van der Waals surface area contributed by atoms with E-state index in [2.05, 4.69) is 30.0 Å². The Bertz CT molecular complexity index is 409. The SMILES string of the molecule is CCCC1CCN(c2ccc(C(C)N)c(Cl)c2)CC1. The zero-order valence-corrected chi connectivity index (χ0v) is 12.8. The quantitative estimate of drug-likeness (QED) is 0.887. The number of piperidine rings is 1. The average Bonchev–Trinajstić information content (AvgIpc) is 2.39. The molecule has 1 heterocycles. The van der Waals surface area contributed by atoms with Crippen molar-refractivity contribution in [1.29, 1.82) is 0 Å². The van der Waals surface area contributed by atoms with E-state index >= 15 is 0 Å². The highest BCUT2D eigenvalue weighted by Crippen LogP contribution is 2.30. The molecule has 1 atom stereocenters. The number of hydrogen-bond donors (Lipinski definition) is 1. The second-order valence-corrected chi connectivity index (χ2v) is 6.12. The van der Waals surface area contributed by atoms with Crippen LogP contribution in [-0.2, 0) is 0 Å². The van der Waals surface area contributed by atoms with Crippen molar-refractivity contribution in [3.8, 4) is 0 Å². The van der Waals surface area contributed by atoms with Crippen LogP contribution >= 0.6 is 11.6 Å². The molecule has 0 aromatic heterocycles.